The third-order valence-corrected chi connectivity index (χ3v) is 6.16. The van der Waals surface area contributed by atoms with Gasteiger partial charge in [-0.1, -0.05) is 18.2 Å². The summed E-state index contributed by atoms with van der Waals surface area (Å²) in [5.41, 5.74) is 4.40. The van der Waals surface area contributed by atoms with Crippen LogP contribution in [-0.2, 0) is 6.61 Å². The average Bonchev–Trinajstić information content (AvgIpc) is 3.53. The van der Waals surface area contributed by atoms with E-state index in [-0.39, 0.29) is 11.9 Å². The Balaban J connectivity index is 1.39. The van der Waals surface area contributed by atoms with Crippen molar-refractivity contribution < 1.29 is 14.3 Å². The van der Waals surface area contributed by atoms with E-state index in [1.807, 2.05) is 35.7 Å². The highest BCUT2D eigenvalue weighted by molar-refractivity contribution is 7.07. The molecule has 4 rings (SSSR count). The third kappa shape index (κ3) is 5.42. The number of ether oxygens (including phenoxy) is 2. The maximum Gasteiger partial charge on any atom is 0.251 e. The fraction of sp³-hybridized carbons (Fsp3) is 0.333. The number of amides is 1. The molecule has 0 radical (unpaired) electrons. The van der Waals surface area contributed by atoms with Crippen molar-refractivity contribution in [2.24, 2.45) is 0 Å². The molecule has 0 aliphatic carbocycles. The molecule has 1 N–H and O–H groups in total. The Labute approximate surface area is 186 Å². The Morgan fingerprint density at radius 3 is 2.65 bits per heavy atom. The van der Waals surface area contributed by atoms with Gasteiger partial charge >= 0.3 is 0 Å². The van der Waals surface area contributed by atoms with E-state index in [9.17, 15) is 4.79 Å². The number of benzene rings is 2. The van der Waals surface area contributed by atoms with Gasteiger partial charge in [0.05, 0.1) is 24.4 Å². The molecule has 1 fully saturated rings. The quantitative estimate of drug-likeness (QED) is 0.541. The first-order valence-electron chi connectivity index (χ1n) is 10.5. The van der Waals surface area contributed by atoms with Gasteiger partial charge in [-0.15, -0.1) is 11.3 Å². The summed E-state index contributed by atoms with van der Waals surface area (Å²) < 4.78 is 11.3. The number of hydrogen-bond donors (Lipinski definition) is 1. The molecule has 6 nitrogen and oxygen atoms in total. The Morgan fingerprint density at radius 2 is 1.94 bits per heavy atom. The summed E-state index contributed by atoms with van der Waals surface area (Å²) in [6, 6.07) is 15.4. The number of carbonyl (C=O) groups is 1. The maximum atomic E-state index is 12.8. The number of nitrogens with one attached hydrogen (secondary N) is 1. The van der Waals surface area contributed by atoms with Crippen LogP contribution in [0.1, 0.15) is 40.5 Å². The lowest BCUT2D eigenvalue weighted by atomic mass is 10.0. The largest absolute Gasteiger partial charge is 0.496 e. The van der Waals surface area contributed by atoms with Crippen LogP contribution in [-0.4, -0.2) is 42.5 Å². The topological polar surface area (TPSA) is 63.7 Å². The van der Waals surface area contributed by atoms with Gasteiger partial charge in [0.25, 0.3) is 5.91 Å². The van der Waals surface area contributed by atoms with Gasteiger partial charge in [0.1, 0.15) is 18.1 Å². The van der Waals surface area contributed by atoms with Gasteiger partial charge in [-0.2, -0.15) is 0 Å². The lowest BCUT2D eigenvalue weighted by Crippen LogP contribution is -2.37. The molecule has 1 unspecified atom stereocenters. The van der Waals surface area contributed by atoms with Crippen molar-refractivity contribution in [3.05, 3.63) is 76.2 Å². The van der Waals surface area contributed by atoms with Gasteiger partial charge in [-0.05, 0) is 56.3 Å². The molecule has 31 heavy (non-hydrogen) atoms. The van der Waals surface area contributed by atoms with Crippen molar-refractivity contribution in [1.29, 1.82) is 0 Å². The van der Waals surface area contributed by atoms with Gasteiger partial charge in [-0.3, -0.25) is 9.69 Å². The fourth-order valence-electron chi connectivity index (χ4n) is 3.89. The normalized spacial score (nSPS) is 14.9. The molecule has 7 heteroatoms. The molecule has 1 aromatic heterocycles. The second kappa shape index (κ2) is 10.4. The monoisotopic (exact) mass is 437 g/mol. The number of aromatic nitrogens is 1. The third-order valence-electron chi connectivity index (χ3n) is 5.52. The summed E-state index contributed by atoms with van der Waals surface area (Å²) >= 11 is 1.54. The predicted molar refractivity (Wildman–Crippen MR) is 122 cm³/mol. The molecule has 1 atom stereocenters. The van der Waals surface area contributed by atoms with E-state index in [1.165, 1.54) is 12.8 Å². The number of hydrogen-bond acceptors (Lipinski definition) is 6. The maximum absolute atomic E-state index is 12.8. The second-order valence-electron chi connectivity index (χ2n) is 7.50. The molecule has 2 aromatic carbocycles. The van der Waals surface area contributed by atoms with E-state index in [4.69, 9.17) is 9.47 Å². The van der Waals surface area contributed by atoms with Gasteiger partial charge in [0, 0.05) is 23.1 Å². The zero-order valence-corrected chi connectivity index (χ0v) is 18.4. The van der Waals surface area contributed by atoms with Crippen LogP contribution >= 0.6 is 11.3 Å². The van der Waals surface area contributed by atoms with Crippen LogP contribution in [0.3, 0.4) is 0 Å². The van der Waals surface area contributed by atoms with Gasteiger partial charge < -0.3 is 14.8 Å². The molecule has 1 saturated heterocycles. The van der Waals surface area contributed by atoms with Crippen molar-refractivity contribution in [3.8, 4) is 11.5 Å². The van der Waals surface area contributed by atoms with Gasteiger partial charge in [-0.25, -0.2) is 4.98 Å². The molecule has 1 aliphatic heterocycles. The first kappa shape index (κ1) is 21.3. The first-order valence-corrected chi connectivity index (χ1v) is 11.4. The Bertz CT molecular complexity index is 970. The molecule has 0 spiro atoms. The van der Waals surface area contributed by atoms with Crippen LogP contribution in [0, 0.1) is 0 Å². The average molecular weight is 438 g/mol. The Kier molecular flexibility index (Phi) is 7.17. The summed E-state index contributed by atoms with van der Waals surface area (Å²) in [7, 11) is 1.69. The lowest BCUT2D eigenvalue weighted by molar-refractivity contribution is 0.0937. The molecular weight excluding hydrogens is 410 g/mol. The molecule has 162 valence electrons. The minimum Gasteiger partial charge on any atom is -0.496 e. The van der Waals surface area contributed by atoms with E-state index in [1.54, 1.807) is 36.1 Å². The molecule has 2 heterocycles. The number of methoxy groups -OCH3 is 1. The zero-order valence-electron chi connectivity index (χ0n) is 17.6. The van der Waals surface area contributed by atoms with E-state index >= 15 is 0 Å². The summed E-state index contributed by atoms with van der Waals surface area (Å²) in [5.74, 6) is 1.48. The summed E-state index contributed by atoms with van der Waals surface area (Å²) in [4.78, 5) is 19.4. The SMILES string of the molecule is COc1ccccc1C(CNC(=O)c1ccc(OCc2cscn2)cc1)N1CCCC1. The van der Waals surface area contributed by atoms with Crippen molar-refractivity contribution in [2.45, 2.75) is 25.5 Å². The first-order chi connectivity index (χ1) is 15.2. The Morgan fingerprint density at radius 1 is 1.16 bits per heavy atom. The van der Waals surface area contributed by atoms with Crippen molar-refractivity contribution >= 4 is 17.2 Å². The zero-order chi connectivity index (χ0) is 21.5. The number of likely N-dealkylation sites (tertiary alicyclic amines) is 1. The van der Waals surface area contributed by atoms with Crippen LogP contribution in [0.25, 0.3) is 0 Å². The standard InChI is InChI=1S/C24H27N3O3S/c1-29-23-7-3-2-6-21(23)22(27-12-4-5-13-27)14-25-24(28)18-8-10-20(11-9-18)30-15-19-16-31-17-26-19/h2-3,6-11,16-17,22H,4-5,12-15H2,1H3,(H,25,28). The highest BCUT2D eigenvalue weighted by Crippen LogP contribution is 2.31. The number of thiazole rings is 1. The van der Waals surface area contributed by atoms with Gasteiger partial charge in [0.2, 0.25) is 0 Å². The molecule has 0 bridgehead atoms. The molecule has 0 saturated carbocycles. The molecule has 1 aliphatic rings. The van der Waals surface area contributed by atoms with Gasteiger partial charge in [0.15, 0.2) is 0 Å². The van der Waals surface area contributed by atoms with Crippen LogP contribution < -0.4 is 14.8 Å². The molecule has 3 aromatic rings. The number of rotatable bonds is 9. The van der Waals surface area contributed by atoms with Crippen LogP contribution in [0.2, 0.25) is 0 Å². The fourth-order valence-corrected chi connectivity index (χ4v) is 4.43. The minimum absolute atomic E-state index is 0.0864. The van der Waals surface area contributed by atoms with E-state index in [0.29, 0.717) is 24.5 Å². The van der Waals surface area contributed by atoms with Crippen molar-refractivity contribution in [3.63, 3.8) is 0 Å². The number of carbonyl (C=O) groups excluding carboxylic acids is 1. The predicted octanol–water partition coefficient (Wildman–Crippen LogP) is 4.30. The summed E-state index contributed by atoms with van der Waals surface area (Å²) in [6.45, 7) is 3.01. The number of nitrogens with zero attached hydrogens (tertiary/aromatic N) is 2. The second-order valence-corrected chi connectivity index (χ2v) is 8.22. The van der Waals surface area contributed by atoms with Crippen LogP contribution in [0.5, 0.6) is 11.5 Å². The van der Waals surface area contributed by atoms with Crippen molar-refractivity contribution in [1.82, 2.24) is 15.2 Å². The van der Waals surface area contributed by atoms with E-state index in [0.717, 1.165) is 30.1 Å². The highest BCUT2D eigenvalue weighted by atomic mass is 32.1. The summed E-state index contributed by atoms with van der Waals surface area (Å²) in [6.07, 6.45) is 2.36. The van der Waals surface area contributed by atoms with E-state index < -0.39 is 0 Å². The van der Waals surface area contributed by atoms with Crippen LogP contribution in [0.4, 0.5) is 0 Å². The van der Waals surface area contributed by atoms with Crippen molar-refractivity contribution in [2.75, 3.05) is 26.7 Å². The van der Waals surface area contributed by atoms with E-state index in [2.05, 4.69) is 21.3 Å². The highest BCUT2D eigenvalue weighted by Gasteiger charge is 2.26. The number of para-hydroxylation sites is 1. The Hall–Kier alpha value is -2.90. The smallest absolute Gasteiger partial charge is 0.251 e. The minimum atomic E-state index is -0.0925. The molecule has 1 amide bonds. The van der Waals surface area contributed by atoms with Crippen LogP contribution in [0.15, 0.2) is 59.4 Å². The lowest BCUT2D eigenvalue weighted by Gasteiger charge is -2.29. The summed E-state index contributed by atoms with van der Waals surface area (Å²) in [5, 5.41) is 5.07. The molecular formula is C24H27N3O3S.